The van der Waals surface area contributed by atoms with Crippen molar-refractivity contribution in [3.63, 3.8) is 0 Å². The molecule has 0 spiro atoms. The predicted molar refractivity (Wildman–Crippen MR) is 70.2 cm³/mol. The SMILES string of the molecule is CO[C@]1(CCN=[N+]=[N-])[C@@H]([C@H](O)CO)O[C@@H]2OC(C)(C)O[C@@H]21. The molecule has 0 radical (unpaired) electrons. The summed E-state index contributed by atoms with van der Waals surface area (Å²) in [4.78, 5) is 2.71. The third-order valence-corrected chi connectivity index (χ3v) is 3.88. The van der Waals surface area contributed by atoms with Crippen molar-refractivity contribution in [2.45, 2.75) is 56.3 Å². The Hall–Kier alpha value is -0.930. The molecule has 0 bridgehead atoms. The van der Waals surface area contributed by atoms with Crippen molar-refractivity contribution in [3.8, 4) is 0 Å². The van der Waals surface area contributed by atoms with E-state index in [1.165, 1.54) is 7.11 Å². The number of azide groups is 1. The van der Waals surface area contributed by atoms with E-state index in [1.54, 1.807) is 13.8 Å². The Balaban J connectivity index is 2.29. The molecule has 0 aromatic heterocycles. The maximum atomic E-state index is 10.00. The van der Waals surface area contributed by atoms with Crippen LogP contribution in [0.3, 0.4) is 0 Å². The van der Waals surface area contributed by atoms with E-state index in [4.69, 9.17) is 24.5 Å². The number of fused-ring (bicyclic) bond motifs is 1. The maximum Gasteiger partial charge on any atom is 0.190 e. The standard InChI is InChI=1S/C12H21N3O6/c1-11(2)20-9-10(21-11)19-8(7(17)6-16)12(9,18-3)4-5-14-15-13/h7-10,16-17H,4-6H2,1-3H3/t7-,8-,9+,10-,12-/m1/s1. The molecular formula is C12H21N3O6. The van der Waals surface area contributed by atoms with E-state index in [0.29, 0.717) is 0 Å². The van der Waals surface area contributed by atoms with Crippen LogP contribution in [0.15, 0.2) is 5.11 Å². The van der Waals surface area contributed by atoms with Gasteiger partial charge in [-0.25, -0.2) is 0 Å². The van der Waals surface area contributed by atoms with E-state index in [9.17, 15) is 10.2 Å². The van der Waals surface area contributed by atoms with Crippen molar-refractivity contribution in [3.05, 3.63) is 10.4 Å². The van der Waals surface area contributed by atoms with Gasteiger partial charge in [0.2, 0.25) is 0 Å². The topological polar surface area (TPSA) is 126 Å². The summed E-state index contributed by atoms with van der Waals surface area (Å²) >= 11 is 0. The van der Waals surface area contributed by atoms with Crippen LogP contribution in [0.1, 0.15) is 20.3 Å². The number of hydrogen-bond donors (Lipinski definition) is 2. The second-order valence-electron chi connectivity index (χ2n) is 5.59. The van der Waals surface area contributed by atoms with E-state index < -0.39 is 42.6 Å². The van der Waals surface area contributed by atoms with Gasteiger partial charge in [-0.15, -0.1) is 0 Å². The van der Waals surface area contributed by atoms with E-state index >= 15 is 0 Å². The molecule has 9 heteroatoms. The van der Waals surface area contributed by atoms with Crippen LogP contribution >= 0.6 is 0 Å². The van der Waals surface area contributed by atoms with Gasteiger partial charge in [-0.3, -0.25) is 0 Å². The predicted octanol–water partition coefficient (Wildman–Crippen LogP) is 0.302. The number of hydrogen-bond acceptors (Lipinski definition) is 7. The fourth-order valence-corrected chi connectivity index (χ4v) is 2.98. The molecule has 2 aliphatic heterocycles. The fraction of sp³-hybridized carbons (Fsp3) is 1.00. The van der Waals surface area contributed by atoms with Gasteiger partial charge in [0.15, 0.2) is 12.1 Å². The summed E-state index contributed by atoms with van der Waals surface area (Å²) in [6.45, 7) is 3.16. The smallest absolute Gasteiger partial charge is 0.190 e. The first-order chi connectivity index (χ1) is 9.90. The Bertz CT molecular complexity index is 427. The summed E-state index contributed by atoms with van der Waals surface area (Å²) in [6.07, 6.45) is -3.02. The molecular weight excluding hydrogens is 282 g/mol. The van der Waals surface area contributed by atoms with Crippen LogP contribution in [0.2, 0.25) is 0 Å². The summed E-state index contributed by atoms with van der Waals surface area (Å²) in [7, 11) is 1.47. The van der Waals surface area contributed by atoms with Crippen molar-refractivity contribution >= 4 is 0 Å². The number of aliphatic hydroxyl groups excluding tert-OH is 2. The fourth-order valence-electron chi connectivity index (χ4n) is 2.98. The molecule has 0 saturated carbocycles. The summed E-state index contributed by atoms with van der Waals surface area (Å²) in [5, 5.41) is 22.7. The second kappa shape index (κ2) is 6.05. The largest absolute Gasteiger partial charge is 0.394 e. The maximum absolute atomic E-state index is 10.00. The molecule has 9 nitrogen and oxygen atoms in total. The van der Waals surface area contributed by atoms with Gasteiger partial charge in [0, 0.05) is 18.6 Å². The van der Waals surface area contributed by atoms with E-state index in [-0.39, 0.29) is 13.0 Å². The Morgan fingerprint density at radius 2 is 2.14 bits per heavy atom. The van der Waals surface area contributed by atoms with Crippen LogP contribution < -0.4 is 0 Å². The van der Waals surface area contributed by atoms with Crippen LogP contribution in [0.5, 0.6) is 0 Å². The summed E-state index contributed by atoms with van der Waals surface area (Å²) in [5.74, 6) is -0.841. The van der Waals surface area contributed by atoms with Gasteiger partial charge in [0.1, 0.15) is 23.9 Å². The molecule has 2 aliphatic rings. The minimum Gasteiger partial charge on any atom is -0.394 e. The van der Waals surface area contributed by atoms with Crippen molar-refractivity contribution < 1.29 is 29.2 Å². The third-order valence-electron chi connectivity index (χ3n) is 3.88. The minimum absolute atomic E-state index is 0.148. The monoisotopic (exact) mass is 303 g/mol. The second-order valence-corrected chi connectivity index (χ2v) is 5.59. The molecule has 0 amide bonds. The van der Waals surface area contributed by atoms with Gasteiger partial charge in [-0.1, -0.05) is 5.11 Å². The first-order valence-electron chi connectivity index (χ1n) is 6.76. The molecule has 5 atom stereocenters. The lowest BCUT2D eigenvalue weighted by Gasteiger charge is -2.38. The molecule has 2 fully saturated rings. The molecule has 2 saturated heterocycles. The Labute approximate surface area is 122 Å². The van der Waals surface area contributed by atoms with Crippen molar-refractivity contribution in [2.75, 3.05) is 20.3 Å². The first kappa shape index (κ1) is 16.4. The van der Waals surface area contributed by atoms with Crippen molar-refractivity contribution in [2.24, 2.45) is 5.11 Å². The van der Waals surface area contributed by atoms with Crippen molar-refractivity contribution in [1.29, 1.82) is 0 Å². The van der Waals surface area contributed by atoms with Crippen molar-refractivity contribution in [1.82, 2.24) is 0 Å². The lowest BCUT2D eigenvalue weighted by Crippen LogP contribution is -2.55. The Kier molecular flexibility index (Phi) is 4.74. The molecule has 120 valence electrons. The van der Waals surface area contributed by atoms with Gasteiger partial charge in [0.05, 0.1) is 6.61 Å². The van der Waals surface area contributed by atoms with Gasteiger partial charge >= 0.3 is 0 Å². The van der Waals surface area contributed by atoms with Crippen LogP contribution in [-0.4, -0.2) is 66.5 Å². The Morgan fingerprint density at radius 1 is 1.43 bits per heavy atom. The number of rotatable bonds is 6. The van der Waals surface area contributed by atoms with E-state index in [2.05, 4.69) is 10.0 Å². The average Bonchev–Trinajstić information content (AvgIpc) is 2.90. The van der Waals surface area contributed by atoms with E-state index in [0.717, 1.165) is 0 Å². The number of ether oxygens (including phenoxy) is 4. The zero-order chi connectivity index (χ0) is 15.7. The van der Waals surface area contributed by atoms with Crippen LogP contribution in [0.25, 0.3) is 10.4 Å². The minimum atomic E-state index is -1.16. The quantitative estimate of drug-likeness (QED) is 0.413. The summed E-state index contributed by atoms with van der Waals surface area (Å²) < 4.78 is 22.8. The molecule has 2 rings (SSSR count). The van der Waals surface area contributed by atoms with Gasteiger partial charge in [-0.2, -0.15) is 0 Å². The summed E-state index contributed by atoms with van der Waals surface area (Å²) in [6, 6.07) is 0. The molecule has 0 aromatic rings. The average molecular weight is 303 g/mol. The molecule has 0 aliphatic carbocycles. The summed E-state index contributed by atoms with van der Waals surface area (Å²) in [5.41, 5.74) is 7.37. The van der Waals surface area contributed by atoms with Crippen LogP contribution in [0, 0.1) is 0 Å². The third kappa shape index (κ3) is 2.86. The Morgan fingerprint density at radius 3 is 2.71 bits per heavy atom. The first-order valence-corrected chi connectivity index (χ1v) is 6.76. The highest BCUT2D eigenvalue weighted by atomic mass is 16.8. The molecule has 21 heavy (non-hydrogen) atoms. The number of nitrogens with zero attached hydrogens (tertiary/aromatic N) is 3. The van der Waals surface area contributed by atoms with E-state index in [1.807, 2.05) is 0 Å². The highest BCUT2D eigenvalue weighted by Crippen LogP contribution is 2.47. The van der Waals surface area contributed by atoms with Gasteiger partial charge < -0.3 is 29.2 Å². The molecule has 2 N–H and O–H groups in total. The van der Waals surface area contributed by atoms with Gasteiger partial charge in [-0.05, 0) is 25.8 Å². The highest BCUT2D eigenvalue weighted by Gasteiger charge is 2.65. The number of methoxy groups -OCH3 is 1. The lowest BCUT2D eigenvalue weighted by molar-refractivity contribution is -0.248. The molecule has 0 aromatic carbocycles. The highest BCUT2D eigenvalue weighted by molar-refractivity contribution is 5.08. The van der Waals surface area contributed by atoms with Crippen LogP contribution in [0.4, 0.5) is 0 Å². The normalized spacial score (nSPS) is 38.8. The van der Waals surface area contributed by atoms with Crippen LogP contribution in [-0.2, 0) is 18.9 Å². The van der Waals surface area contributed by atoms with Gasteiger partial charge in [0.25, 0.3) is 0 Å². The molecule has 0 unspecified atom stereocenters. The molecule has 2 heterocycles. The zero-order valence-electron chi connectivity index (χ0n) is 12.3. The number of aliphatic hydroxyl groups is 2. The zero-order valence-corrected chi connectivity index (χ0v) is 12.3. The lowest BCUT2D eigenvalue weighted by atomic mass is 9.85.